The zero-order chi connectivity index (χ0) is 10.4. The molecule has 12 heavy (non-hydrogen) atoms. The maximum Gasteiger partial charge on any atom is -0.0474 e. The highest BCUT2D eigenvalue weighted by Gasteiger charge is 1.80. The molecule has 0 radical (unpaired) electrons. The van der Waals surface area contributed by atoms with Gasteiger partial charge in [-0.2, -0.15) is 0 Å². The Balaban J connectivity index is -0.000000105. The van der Waals surface area contributed by atoms with Gasteiger partial charge in [-0.1, -0.05) is 67.0 Å². The molecule has 0 aromatic heterocycles. The average molecular weight is 170 g/mol. The minimum atomic E-state index is 0.884. The van der Waals surface area contributed by atoms with E-state index in [1.54, 1.807) is 0 Å². The Labute approximate surface area is 79.4 Å². The molecular weight excluding hydrogens is 144 g/mol. The lowest BCUT2D eigenvalue weighted by Crippen LogP contribution is -1.77. The largest absolute Gasteiger partial charge is 0.137 e. The van der Waals surface area contributed by atoms with Crippen LogP contribution in [0.4, 0.5) is 0 Å². The lowest BCUT2D eigenvalue weighted by molar-refractivity contribution is 0.626. The van der Waals surface area contributed by atoms with Gasteiger partial charge in [0.2, 0.25) is 0 Å². The number of rotatable bonds is 2. The van der Waals surface area contributed by atoms with E-state index in [1.807, 2.05) is 0 Å². The third-order valence-electron chi connectivity index (χ3n) is 1.32. The molecule has 0 spiro atoms. The van der Waals surface area contributed by atoms with Crippen LogP contribution in [0.3, 0.4) is 0 Å². The average Bonchev–Trinajstić information content (AvgIpc) is 2.06. The molecule has 0 bridgehead atoms. The summed E-state index contributed by atoms with van der Waals surface area (Å²) in [6.45, 7) is 17.3. The van der Waals surface area contributed by atoms with Gasteiger partial charge in [0.25, 0.3) is 0 Å². The maximum atomic E-state index is 3.12. The van der Waals surface area contributed by atoms with Crippen LogP contribution >= 0.6 is 0 Å². The molecule has 0 N–H and O–H groups in total. The monoisotopic (exact) mass is 170 g/mol. The molecule has 0 aliphatic rings. The first kappa shape index (κ1) is 17.6. The lowest BCUT2D eigenvalue weighted by Gasteiger charge is -1.90. The minimum absolute atomic E-state index is 0.884. The van der Waals surface area contributed by atoms with Gasteiger partial charge >= 0.3 is 0 Å². The first-order valence-corrected chi connectivity index (χ1v) is 4.89. The van der Waals surface area contributed by atoms with Crippen molar-refractivity contribution in [2.45, 2.75) is 53.9 Å². The first-order valence-electron chi connectivity index (χ1n) is 4.89. The van der Waals surface area contributed by atoms with Crippen LogP contribution in [-0.4, -0.2) is 0 Å². The summed E-state index contributed by atoms with van der Waals surface area (Å²) in [5, 5.41) is 0. The molecule has 0 saturated heterocycles. The van der Waals surface area contributed by atoms with Crippen LogP contribution in [0.1, 0.15) is 53.9 Å². The molecule has 0 aliphatic heterocycles. The molecule has 0 heteroatoms. The quantitative estimate of drug-likeness (QED) is 0.521. The summed E-state index contributed by atoms with van der Waals surface area (Å²) in [6, 6.07) is 0. The van der Waals surface area contributed by atoms with Crippen LogP contribution in [0.2, 0.25) is 0 Å². The molecule has 74 valence electrons. The SMILES string of the molecule is C=C=C.CCC(C)C.CCCC. The number of hydrogen-bond donors (Lipinski definition) is 0. The van der Waals surface area contributed by atoms with Gasteiger partial charge in [-0.05, 0) is 5.92 Å². The van der Waals surface area contributed by atoms with Crippen LogP contribution in [0.15, 0.2) is 18.9 Å². The van der Waals surface area contributed by atoms with E-state index in [4.69, 9.17) is 0 Å². The smallest absolute Gasteiger partial charge is 0.0474 e. The fourth-order valence-electron chi connectivity index (χ4n) is 0. The summed E-state index contributed by atoms with van der Waals surface area (Å²) < 4.78 is 0. The predicted octanol–water partition coefficient (Wildman–Crippen LogP) is 4.82. The van der Waals surface area contributed by atoms with Crippen molar-refractivity contribution in [3.05, 3.63) is 18.9 Å². The Kier molecular flexibility index (Phi) is 32.8. The normalized spacial score (nSPS) is 7.17. The van der Waals surface area contributed by atoms with Gasteiger partial charge in [0.15, 0.2) is 0 Å². The van der Waals surface area contributed by atoms with Gasteiger partial charge in [0, 0.05) is 0 Å². The van der Waals surface area contributed by atoms with Crippen LogP contribution < -0.4 is 0 Å². The zero-order valence-electron chi connectivity index (χ0n) is 9.61. The lowest BCUT2D eigenvalue weighted by atomic mass is 10.2. The molecule has 0 rings (SSSR count). The Morgan fingerprint density at radius 3 is 1.17 bits per heavy atom. The maximum absolute atomic E-state index is 3.12. The van der Waals surface area contributed by atoms with Crippen molar-refractivity contribution >= 4 is 0 Å². The van der Waals surface area contributed by atoms with E-state index in [-0.39, 0.29) is 0 Å². The molecule has 0 heterocycles. The molecule has 0 saturated carbocycles. The minimum Gasteiger partial charge on any atom is -0.137 e. The second kappa shape index (κ2) is 22.4. The summed E-state index contributed by atoms with van der Waals surface area (Å²) in [5.74, 6) is 0.884. The molecule has 0 atom stereocenters. The van der Waals surface area contributed by atoms with Crippen molar-refractivity contribution in [3.8, 4) is 0 Å². The van der Waals surface area contributed by atoms with Gasteiger partial charge < -0.3 is 0 Å². The van der Waals surface area contributed by atoms with Gasteiger partial charge in [0.1, 0.15) is 0 Å². The topological polar surface area (TPSA) is 0 Å². The van der Waals surface area contributed by atoms with Gasteiger partial charge in [-0.15, -0.1) is 5.73 Å². The van der Waals surface area contributed by atoms with Crippen molar-refractivity contribution < 1.29 is 0 Å². The molecular formula is C12H26. The molecule has 0 fully saturated rings. The third kappa shape index (κ3) is 109. The van der Waals surface area contributed by atoms with Crippen molar-refractivity contribution in [1.29, 1.82) is 0 Å². The van der Waals surface area contributed by atoms with Crippen LogP contribution in [0.25, 0.3) is 0 Å². The highest BCUT2D eigenvalue weighted by Crippen LogP contribution is 1.93. The molecule has 0 nitrogen and oxygen atoms in total. The van der Waals surface area contributed by atoms with E-state index in [2.05, 4.69) is 53.5 Å². The van der Waals surface area contributed by atoms with E-state index in [1.165, 1.54) is 19.3 Å². The number of unbranched alkanes of at least 4 members (excludes halogenated alkanes) is 1. The van der Waals surface area contributed by atoms with E-state index in [0.717, 1.165) is 5.92 Å². The standard InChI is InChI=1S/C5H12.C4H10.C3H4/c1-4-5(2)3;1-3-4-2;1-3-2/h5H,4H2,1-3H3;3-4H2,1-2H3;1-2H2. The van der Waals surface area contributed by atoms with Crippen molar-refractivity contribution in [2.75, 3.05) is 0 Å². The van der Waals surface area contributed by atoms with Gasteiger partial charge in [-0.3, -0.25) is 0 Å². The summed E-state index contributed by atoms with van der Waals surface area (Å²) in [6.07, 6.45) is 3.94. The third-order valence-corrected chi connectivity index (χ3v) is 1.32. The summed E-state index contributed by atoms with van der Waals surface area (Å²) >= 11 is 0. The molecule has 0 aromatic carbocycles. The fraction of sp³-hybridized carbons (Fsp3) is 0.750. The summed E-state index contributed by atoms with van der Waals surface area (Å²) in [4.78, 5) is 0. The second-order valence-electron chi connectivity index (χ2n) is 3.05. The molecule has 0 aromatic rings. The van der Waals surface area contributed by atoms with Gasteiger partial charge in [0.05, 0.1) is 0 Å². The molecule has 0 aliphatic carbocycles. The Bertz CT molecular complexity index is 72.0. The van der Waals surface area contributed by atoms with Crippen LogP contribution in [0.5, 0.6) is 0 Å². The molecule has 0 amide bonds. The summed E-state index contributed by atoms with van der Waals surface area (Å²) in [5.41, 5.74) is 2.25. The Hall–Kier alpha value is -0.480. The van der Waals surface area contributed by atoms with E-state index in [9.17, 15) is 0 Å². The second-order valence-corrected chi connectivity index (χ2v) is 3.05. The zero-order valence-corrected chi connectivity index (χ0v) is 9.61. The van der Waals surface area contributed by atoms with Crippen molar-refractivity contribution in [2.24, 2.45) is 5.92 Å². The fourth-order valence-corrected chi connectivity index (χ4v) is 0. The van der Waals surface area contributed by atoms with E-state index < -0.39 is 0 Å². The van der Waals surface area contributed by atoms with E-state index in [0.29, 0.717) is 0 Å². The highest BCUT2D eigenvalue weighted by atomic mass is 13.9. The Morgan fingerprint density at radius 2 is 1.17 bits per heavy atom. The first-order chi connectivity index (χ1) is 5.60. The van der Waals surface area contributed by atoms with Crippen LogP contribution in [-0.2, 0) is 0 Å². The number of hydrogen-bond acceptors (Lipinski definition) is 0. The van der Waals surface area contributed by atoms with Crippen molar-refractivity contribution in [3.63, 3.8) is 0 Å². The highest BCUT2D eigenvalue weighted by molar-refractivity contribution is 4.51. The van der Waals surface area contributed by atoms with E-state index >= 15 is 0 Å². The van der Waals surface area contributed by atoms with Crippen LogP contribution in [0, 0.1) is 5.92 Å². The molecule has 0 unspecified atom stereocenters. The summed E-state index contributed by atoms with van der Waals surface area (Å²) in [7, 11) is 0. The van der Waals surface area contributed by atoms with Crippen molar-refractivity contribution in [1.82, 2.24) is 0 Å². The predicted molar refractivity (Wildman–Crippen MR) is 60.5 cm³/mol. The van der Waals surface area contributed by atoms with Gasteiger partial charge in [-0.25, -0.2) is 0 Å². The Morgan fingerprint density at radius 1 is 1.00 bits per heavy atom.